The van der Waals surface area contributed by atoms with Gasteiger partial charge in [-0.3, -0.25) is 0 Å². The fourth-order valence-electron chi connectivity index (χ4n) is 0.667. The highest BCUT2D eigenvalue weighted by atomic mass is 19.1. The molecule has 0 aromatic heterocycles. The van der Waals surface area contributed by atoms with Gasteiger partial charge in [-0.05, 0) is 12.8 Å². The lowest BCUT2D eigenvalue weighted by molar-refractivity contribution is 0.612. The van der Waals surface area contributed by atoms with Crippen LogP contribution in [0.1, 0.15) is 33.1 Å². The molecule has 10 heavy (non-hydrogen) atoms. The minimum Gasteiger partial charge on any atom is -0.212 e. The lowest BCUT2D eigenvalue weighted by Gasteiger charge is -1.87. The van der Waals surface area contributed by atoms with E-state index in [4.69, 9.17) is 0 Å². The molecule has 0 fully saturated rings. The highest BCUT2D eigenvalue weighted by Gasteiger charge is 1.86. The maximum Gasteiger partial charge on any atom is 0.0997 e. The zero-order valence-electron chi connectivity index (χ0n) is 6.73. The highest BCUT2D eigenvalue weighted by molar-refractivity contribution is 4.98. The third kappa shape index (κ3) is 5.54. The van der Waals surface area contributed by atoms with Crippen molar-refractivity contribution in [1.29, 1.82) is 0 Å². The molecule has 0 spiro atoms. The van der Waals surface area contributed by atoms with E-state index in [1.54, 1.807) is 6.08 Å². The number of halogens is 1. The predicted octanol–water partition coefficient (Wildman–Crippen LogP) is 3.61. The normalized spacial score (nSPS) is 12.9. The summed E-state index contributed by atoms with van der Waals surface area (Å²) in [5.41, 5.74) is 0. The Hall–Kier alpha value is -0.590. The molecule has 58 valence electrons. The first-order valence-corrected chi connectivity index (χ1v) is 3.80. The second-order valence-corrected chi connectivity index (χ2v) is 2.14. The summed E-state index contributed by atoms with van der Waals surface area (Å²) in [4.78, 5) is 0. The van der Waals surface area contributed by atoms with Gasteiger partial charge in [0.25, 0.3) is 0 Å². The molecule has 0 unspecified atom stereocenters. The van der Waals surface area contributed by atoms with Gasteiger partial charge < -0.3 is 0 Å². The van der Waals surface area contributed by atoms with E-state index in [2.05, 4.69) is 0 Å². The van der Waals surface area contributed by atoms with Crippen molar-refractivity contribution in [2.24, 2.45) is 0 Å². The van der Waals surface area contributed by atoms with Crippen molar-refractivity contribution in [3.05, 3.63) is 24.1 Å². The Morgan fingerprint density at radius 3 is 2.40 bits per heavy atom. The van der Waals surface area contributed by atoms with Crippen LogP contribution in [0.25, 0.3) is 0 Å². The summed E-state index contributed by atoms with van der Waals surface area (Å²) >= 11 is 0. The first kappa shape index (κ1) is 9.41. The summed E-state index contributed by atoms with van der Waals surface area (Å²) in [6.07, 6.45) is 7.68. The number of hydrogen-bond donors (Lipinski definition) is 0. The third-order valence-corrected chi connectivity index (χ3v) is 1.14. The van der Waals surface area contributed by atoms with Crippen LogP contribution in [0.4, 0.5) is 4.39 Å². The van der Waals surface area contributed by atoms with Crippen LogP contribution in [-0.2, 0) is 0 Å². The van der Waals surface area contributed by atoms with Crippen molar-refractivity contribution >= 4 is 0 Å². The second kappa shape index (κ2) is 6.53. The Kier molecular flexibility index (Phi) is 6.14. The third-order valence-electron chi connectivity index (χ3n) is 1.14. The average Bonchev–Trinajstić information content (AvgIpc) is 1.89. The molecular weight excluding hydrogens is 127 g/mol. The van der Waals surface area contributed by atoms with E-state index in [9.17, 15) is 4.39 Å². The van der Waals surface area contributed by atoms with E-state index in [-0.39, 0.29) is 5.83 Å². The summed E-state index contributed by atoms with van der Waals surface area (Å²) in [7, 11) is 0. The molecule has 0 aromatic rings. The molecule has 0 aliphatic rings. The van der Waals surface area contributed by atoms with Crippen LogP contribution in [0.15, 0.2) is 24.1 Å². The summed E-state index contributed by atoms with van der Waals surface area (Å²) in [5.74, 6) is -0.0211. The van der Waals surface area contributed by atoms with Gasteiger partial charge in [0.15, 0.2) is 0 Å². The molecule has 0 aromatic carbocycles. The molecule has 0 heterocycles. The lowest BCUT2D eigenvalue weighted by Crippen LogP contribution is -1.69. The van der Waals surface area contributed by atoms with Gasteiger partial charge in [0.1, 0.15) is 0 Å². The second-order valence-electron chi connectivity index (χ2n) is 2.14. The molecule has 0 atom stereocenters. The maximum atomic E-state index is 12.5. The molecule has 0 saturated carbocycles. The standard InChI is InChI=1S/C9H15F/c1-3-5-6-8-9(10)7-4-2/h5-7H,3-4,8H2,1-2H3/b6-5-,9-7+. The van der Waals surface area contributed by atoms with Crippen LogP contribution in [0, 0.1) is 0 Å². The van der Waals surface area contributed by atoms with Crippen molar-refractivity contribution in [2.75, 3.05) is 0 Å². The van der Waals surface area contributed by atoms with Gasteiger partial charge in [0.2, 0.25) is 0 Å². The van der Waals surface area contributed by atoms with E-state index in [1.165, 1.54) is 0 Å². The molecule has 0 radical (unpaired) electrons. The summed E-state index contributed by atoms with van der Waals surface area (Å²) in [5, 5.41) is 0. The average molecular weight is 142 g/mol. The first-order valence-electron chi connectivity index (χ1n) is 3.80. The van der Waals surface area contributed by atoms with Gasteiger partial charge in [-0.1, -0.05) is 32.1 Å². The van der Waals surface area contributed by atoms with Crippen LogP contribution in [0.3, 0.4) is 0 Å². The first-order chi connectivity index (χ1) is 4.81. The smallest absolute Gasteiger partial charge is 0.0997 e. The fourth-order valence-corrected chi connectivity index (χ4v) is 0.667. The molecule has 0 aliphatic heterocycles. The van der Waals surface area contributed by atoms with Crippen LogP contribution >= 0.6 is 0 Å². The Labute approximate surface area is 62.4 Å². The number of hydrogen-bond acceptors (Lipinski definition) is 0. The minimum atomic E-state index is -0.0211. The maximum absolute atomic E-state index is 12.5. The van der Waals surface area contributed by atoms with Crippen molar-refractivity contribution in [2.45, 2.75) is 33.1 Å². The quantitative estimate of drug-likeness (QED) is 0.526. The Bertz CT molecular complexity index is 123. The lowest BCUT2D eigenvalue weighted by atomic mass is 10.3. The van der Waals surface area contributed by atoms with E-state index in [1.807, 2.05) is 26.0 Å². The van der Waals surface area contributed by atoms with Gasteiger partial charge in [0, 0.05) is 6.42 Å². The van der Waals surface area contributed by atoms with Crippen molar-refractivity contribution < 1.29 is 4.39 Å². The molecule has 0 rings (SSSR count). The van der Waals surface area contributed by atoms with Crippen LogP contribution in [-0.4, -0.2) is 0 Å². The molecule has 0 N–H and O–H groups in total. The van der Waals surface area contributed by atoms with Crippen molar-refractivity contribution in [3.8, 4) is 0 Å². The van der Waals surface area contributed by atoms with Gasteiger partial charge >= 0.3 is 0 Å². The summed E-state index contributed by atoms with van der Waals surface area (Å²) < 4.78 is 12.5. The molecule has 0 bridgehead atoms. The van der Waals surface area contributed by atoms with E-state index < -0.39 is 0 Å². The zero-order chi connectivity index (χ0) is 7.82. The Morgan fingerprint density at radius 1 is 1.20 bits per heavy atom. The van der Waals surface area contributed by atoms with Crippen molar-refractivity contribution in [1.82, 2.24) is 0 Å². The van der Waals surface area contributed by atoms with Crippen LogP contribution in [0.2, 0.25) is 0 Å². The Morgan fingerprint density at radius 2 is 1.90 bits per heavy atom. The number of allylic oxidation sites excluding steroid dienone is 4. The molecule has 0 nitrogen and oxygen atoms in total. The monoisotopic (exact) mass is 142 g/mol. The number of rotatable bonds is 4. The largest absolute Gasteiger partial charge is 0.212 e. The van der Waals surface area contributed by atoms with E-state index in [0.29, 0.717) is 6.42 Å². The van der Waals surface area contributed by atoms with E-state index >= 15 is 0 Å². The van der Waals surface area contributed by atoms with Gasteiger partial charge in [0.05, 0.1) is 5.83 Å². The van der Waals surface area contributed by atoms with Gasteiger partial charge in [-0.15, -0.1) is 0 Å². The summed E-state index contributed by atoms with van der Waals surface area (Å²) in [6.45, 7) is 3.97. The SMILES string of the molecule is CC/C=C\C/C(F)=C\CC. The molecule has 1 heteroatoms. The van der Waals surface area contributed by atoms with Crippen molar-refractivity contribution in [3.63, 3.8) is 0 Å². The highest BCUT2D eigenvalue weighted by Crippen LogP contribution is 2.04. The zero-order valence-corrected chi connectivity index (χ0v) is 6.73. The molecule has 0 saturated heterocycles. The molecular formula is C9H15F. The van der Waals surface area contributed by atoms with E-state index in [0.717, 1.165) is 12.8 Å². The molecule has 0 amide bonds. The van der Waals surface area contributed by atoms with Crippen LogP contribution in [0.5, 0.6) is 0 Å². The Balaban J connectivity index is 3.48. The fraction of sp³-hybridized carbons (Fsp3) is 0.556. The topological polar surface area (TPSA) is 0 Å². The van der Waals surface area contributed by atoms with Gasteiger partial charge in [-0.2, -0.15) is 0 Å². The van der Waals surface area contributed by atoms with Gasteiger partial charge in [-0.25, -0.2) is 4.39 Å². The summed E-state index contributed by atoms with van der Waals surface area (Å²) in [6, 6.07) is 0. The minimum absolute atomic E-state index is 0.0211. The predicted molar refractivity (Wildman–Crippen MR) is 43.5 cm³/mol. The molecule has 0 aliphatic carbocycles. The van der Waals surface area contributed by atoms with Crippen LogP contribution < -0.4 is 0 Å².